The van der Waals surface area contributed by atoms with Crippen LogP contribution in [0, 0.1) is 11.6 Å². The lowest BCUT2D eigenvalue weighted by molar-refractivity contribution is -0.274. The highest BCUT2D eigenvalue weighted by Crippen LogP contribution is 2.34. The van der Waals surface area contributed by atoms with Gasteiger partial charge in [-0.3, -0.25) is 0 Å². The molecule has 9 heteroatoms. The van der Waals surface area contributed by atoms with Crippen LogP contribution in [0.3, 0.4) is 0 Å². The molecule has 0 amide bonds. The Morgan fingerprint density at radius 1 is 0.771 bits per heavy atom. The molecule has 0 aliphatic carbocycles. The van der Waals surface area contributed by atoms with Gasteiger partial charge in [-0.15, -0.1) is 13.2 Å². The molecule has 0 unspecified atom stereocenters. The van der Waals surface area contributed by atoms with E-state index in [1.165, 1.54) is 24.3 Å². The maximum Gasteiger partial charge on any atom is 0.573 e. The highest BCUT2D eigenvalue weighted by Gasteiger charge is 2.32. The van der Waals surface area contributed by atoms with Gasteiger partial charge in [0.2, 0.25) is 0 Å². The topological polar surface area (TPSA) is 39.9 Å². The van der Waals surface area contributed by atoms with E-state index in [0.29, 0.717) is 29.1 Å². The number of alkyl halides is 3. The van der Waals surface area contributed by atoms with Gasteiger partial charge in [-0.25, -0.2) is 18.7 Å². The summed E-state index contributed by atoms with van der Waals surface area (Å²) in [6, 6.07) is 18.6. The zero-order valence-electron chi connectivity index (χ0n) is 17.9. The second-order valence-electron chi connectivity index (χ2n) is 7.78. The van der Waals surface area contributed by atoms with Crippen molar-refractivity contribution >= 4 is 0 Å². The fourth-order valence-corrected chi connectivity index (χ4v) is 3.77. The molecular formula is C26H16F5N3O. The first-order valence-electron chi connectivity index (χ1n) is 10.5. The highest BCUT2D eigenvalue weighted by molar-refractivity contribution is 5.70. The summed E-state index contributed by atoms with van der Waals surface area (Å²) in [4.78, 5) is 8.62. The van der Waals surface area contributed by atoms with Crippen molar-refractivity contribution in [2.45, 2.75) is 12.9 Å². The lowest BCUT2D eigenvalue weighted by Gasteiger charge is -2.14. The fourth-order valence-electron chi connectivity index (χ4n) is 3.77. The zero-order valence-corrected chi connectivity index (χ0v) is 17.9. The first-order valence-corrected chi connectivity index (χ1v) is 10.5. The molecule has 5 rings (SSSR count). The number of fused-ring (bicyclic) bond motifs is 1. The van der Waals surface area contributed by atoms with Crippen LogP contribution in [-0.2, 0) is 6.54 Å². The predicted molar refractivity (Wildman–Crippen MR) is 120 cm³/mol. The number of halogens is 5. The van der Waals surface area contributed by atoms with Gasteiger partial charge in [0, 0.05) is 24.5 Å². The van der Waals surface area contributed by atoms with Crippen LogP contribution >= 0.6 is 0 Å². The van der Waals surface area contributed by atoms with Gasteiger partial charge in [0.15, 0.2) is 17.5 Å². The number of hydrogen-bond acceptors (Lipinski definition) is 3. The van der Waals surface area contributed by atoms with Crippen molar-refractivity contribution in [3.8, 4) is 39.7 Å². The number of aromatic nitrogens is 3. The van der Waals surface area contributed by atoms with Gasteiger partial charge in [0.1, 0.15) is 11.4 Å². The number of nitrogens with zero attached hydrogens (tertiary/aromatic N) is 3. The Hall–Kier alpha value is -4.27. The molecule has 0 aromatic heterocycles. The van der Waals surface area contributed by atoms with Gasteiger partial charge in [0.05, 0.1) is 11.3 Å². The van der Waals surface area contributed by atoms with Gasteiger partial charge in [-0.05, 0) is 35.4 Å². The minimum absolute atomic E-state index is 0.0156. The molecule has 176 valence electrons. The van der Waals surface area contributed by atoms with E-state index < -0.39 is 18.0 Å². The van der Waals surface area contributed by atoms with Crippen LogP contribution in [0.15, 0.2) is 85.2 Å². The molecule has 35 heavy (non-hydrogen) atoms. The standard InChI is InChI=1S/C26H16F5N3O/c27-20-6-3-5-19(24(20)28)25-32-21-12-13-34(15-22(21)33-25)14-16-8-10-17(11-9-16)18-4-1-2-7-23(18)35-26(29,30)31/h1-13,15H,14H2. The number of para-hydroxylation sites is 1. The molecule has 0 saturated heterocycles. The Morgan fingerprint density at radius 3 is 2.26 bits per heavy atom. The Kier molecular flexibility index (Phi) is 5.68. The second-order valence-corrected chi connectivity index (χ2v) is 7.78. The average Bonchev–Trinajstić information content (AvgIpc) is 3.24. The molecule has 0 radical (unpaired) electrons. The van der Waals surface area contributed by atoms with Crippen LogP contribution < -0.4 is 4.74 Å². The maximum absolute atomic E-state index is 14.1. The van der Waals surface area contributed by atoms with E-state index in [9.17, 15) is 22.0 Å². The van der Waals surface area contributed by atoms with E-state index in [2.05, 4.69) is 14.7 Å². The summed E-state index contributed by atoms with van der Waals surface area (Å²) in [5, 5.41) is 0. The highest BCUT2D eigenvalue weighted by atomic mass is 19.4. The normalized spacial score (nSPS) is 11.7. The molecule has 0 N–H and O–H groups in total. The minimum Gasteiger partial charge on any atom is -0.405 e. The van der Waals surface area contributed by atoms with Gasteiger partial charge >= 0.3 is 6.36 Å². The molecule has 3 aromatic rings. The van der Waals surface area contributed by atoms with Crippen LogP contribution in [0.4, 0.5) is 22.0 Å². The average molecular weight is 481 g/mol. The number of imidazole rings is 1. The summed E-state index contributed by atoms with van der Waals surface area (Å²) >= 11 is 0. The van der Waals surface area contributed by atoms with Crippen molar-refractivity contribution in [1.29, 1.82) is 0 Å². The Bertz CT molecular complexity index is 1460. The fraction of sp³-hybridized carbons (Fsp3) is 0.0769. The van der Waals surface area contributed by atoms with Crippen molar-refractivity contribution in [3.63, 3.8) is 0 Å². The molecule has 3 aromatic carbocycles. The van der Waals surface area contributed by atoms with Gasteiger partial charge < -0.3 is 9.30 Å². The molecule has 4 nitrogen and oxygen atoms in total. The third-order valence-corrected chi connectivity index (χ3v) is 5.36. The minimum atomic E-state index is -4.78. The molecule has 0 spiro atoms. The smallest absolute Gasteiger partial charge is 0.405 e. The number of hydrogen-bond donors (Lipinski definition) is 0. The predicted octanol–water partition coefficient (Wildman–Crippen LogP) is 6.94. The Morgan fingerprint density at radius 2 is 1.49 bits per heavy atom. The summed E-state index contributed by atoms with van der Waals surface area (Å²) < 4.78 is 71.8. The zero-order chi connectivity index (χ0) is 24.6. The molecular weight excluding hydrogens is 465 g/mol. The third-order valence-electron chi connectivity index (χ3n) is 5.36. The van der Waals surface area contributed by atoms with Crippen molar-refractivity contribution < 1.29 is 26.7 Å². The third kappa shape index (κ3) is 4.84. The van der Waals surface area contributed by atoms with E-state index in [1.807, 2.05) is 4.57 Å². The van der Waals surface area contributed by atoms with Gasteiger partial charge in [-0.2, -0.15) is 0 Å². The van der Waals surface area contributed by atoms with Crippen LogP contribution in [0.25, 0.3) is 33.9 Å². The Balaban J connectivity index is 1.38. The monoisotopic (exact) mass is 481 g/mol. The van der Waals surface area contributed by atoms with Gasteiger partial charge in [0.25, 0.3) is 0 Å². The van der Waals surface area contributed by atoms with Crippen molar-refractivity contribution in [2.24, 2.45) is 0 Å². The van der Waals surface area contributed by atoms with E-state index in [-0.39, 0.29) is 17.1 Å². The van der Waals surface area contributed by atoms with Gasteiger partial charge in [-0.1, -0.05) is 48.5 Å². The lowest BCUT2D eigenvalue weighted by Crippen LogP contribution is -2.17. The van der Waals surface area contributed by atoms with E-state index in [0.717, 1.165) is 11.6 Å². The number of rotatable bonds is 5. The van der Waals surface area contributed by atoms with Crippen LogP contribution in [0.1, 0.15) is 5.56 Å². The summed E-state index contributed by atoms with van der Waals surface area (Å²) in [5.74, 6) is -2.15. The number of ether oxygens (including phenoxy) is 1. The summed E-state index contributed by atoms with van der Waals surface area (Å²) in [6.45, 7) is 0.452. The SMILES string of the molecule is Fc1cccc(-c2nc3ccn(Cc4ccc(-c5ccccc5OC(F)(F)F)cc4)cc-3n2)c1F. The van der Waals surface area contributed by atoms with Crippen LogP contribution in [0.2, 0.25) is 0 Å². The van der Waals surface area contributed by atoms with Crippen LogP contribution in [0.5, 0.6) is 5.75 Å². The molecule has 2 heterocycles. The Labute approximate surface area is 196 Å². The summed E-state index contributed by atoms with van der Waals surface area (Å²) in [7, 11) is 0. The first kappa shape index (κ1) is 22.5. The quantitative estimate of drug-likeness (QED) is 0.255. The number of pyridine rings is 1. The van der Waals surface area contributed by atoms with E-state index in [1.54, 1.807) is 54.9 Å². The first-order chi connectivity index (χ1) is 16.8. The maximum atomic E-state index is 14.1. The summed E-state index contributed by atoms with van der Waals surface area (Å²) in [6.07, 6.45) is -1.26. The molecule has 0 fully saturated rings. The summed E-state index contributed by atoms with van der Waals surface area (Å²) in [5.41, 5.74) is 2.84. The second kappa shape index (κ2) is 8.83. The van der Waals surface area contributed by atoms with E-state index in [4.69, 9.17) is 0 Å². The van der Waals surface area contributed by atoms with Crippen LogP contribution in [-0.4, -0.2) is 20.9 Å². The lowest BCUT2D eigenvalue weighted by atomic mass is 10.0. The van der Waals surface area contributed by atoms with E-state index >= 15 is 0 Å². The van der Waals surface area contributed by atoms with Crippen molar-refractivity contribution in [3.05, 3.63) is 102 Å². The number of benzene rings is 3. The molecule has 0 atom stereocenters. The molecule has 2 aliphatic rings. The molecule has 0 bridgehead atoms. The molecule has 0 saturated carbocycles. The molecule has 2 aliphatic heterocycles. The largest absolute Gasteiger partial charge is 0.573 e. The van der Waals surface area contributed by atoms with Crippen molar-refractivity contribution in [2.75, 3.05) is 0 Å². The van der Waals surface area contributed by atoms with Crippen molar-refractivity contribution in [1.82, 2.24) is 14.5 Å².